The second-order valence-corrected chi connectivity index (χ2v) is 5.90. The lowest BCUT2D eigenvalue weighted by Crippen LogP contribution is -2.37. The number of amides is 1. The summed E-state index contributed by atoms with van der Waals surface area (Å²) in [6.45, 7) is 1.47. The molecule has 1 aliphatic heterocycles. The number of nitrogens with one attached hydrogen (secondary N) is 1. The number of halogens is 1. The Morgan fingerprint density at radius 1 is 1.32 bits per heavy atom. The highest BCUT2D eigenvalue weighted by Crippen LogP contribution is 2.35. The summed E-state index contributed by atoms with van der Waals surface area (Å²) in [6, 6.07) is 8.70. The lowest BCUT2D eigenvalue weighted by atomic mass is 10.0. The molecular weight excluding hydrogens is 260 g/mol. The Morgan fingerprint density at radius 3 is 2.84 bits per heavy atom. The van der Waals surface area contributed by atoms with Crippen molar-refractivity contribution in [2.24, 2.45) is 0 Å². The molecule has 1 aromatic rings. The summed E-state index contributed by atoms with van der Waals surface area (Å²) >= 11 is 6.27. The summed E-state index contributed by atoms with van der Waals surface area (Å²) in [5.41, 5.74) is 1.15. The van der Waals surface area contributed by atoms with Crippen LogP contribution >= 0.6 is 11.6 Å². The third kappa shape index (κ3) is 3.10. The van der Waals surface area contributed by atoms with E-state index < -0.39 is 0 Å². The Morgan fingerprint density at radius 2 is 2.11 bits per heavy atom. The highest BCUT2D eigenvalue weighted by Gasteiger charge is 2.30. The summed E-state index contributed by atoms with van der Waals surface area (Å²) < 4.78 is 0. The molecule has 0 spiro atoms. The van der Waals surface area contributed by atoms with E-state index in [2.05, 4.69) is 16.3 Å². The van der Waals surface area contributed by atoms with Gasteiger partial charge in [-0.2, -0.15) is 0 Å². The van der Waals surface area contributed by atoms with Crippen molar-refractivity contribution >= 4 is 17.5 Å². The van der Waals surface area contributed by atoms with Crippen LogP contribution in [0, 0.1) is 0 Å². The Bertz CT molecular complexity index is 473. The van der Waals surface area contributed by atoms with Crippen molar-refractivity contribution in [3.05, 3.63) is 34.9 Å². The van der Waals surface area contributed by atoms with Crippen LogP contribution in [0.15, 0.2) is 24.3 Å². The first-order valence-corrected chi connectivity index (χ1v) is 7.39. The van der Waals surface area contributed by atoms with E-state index in [0.29, 0.717) is 18.6 Å². The summed E-state index contributed by atoms with van der Waals surface area (Å²) in [7, 11) is 0. The minimum absolute atomic E-state index is 0.154. The van der Waals surface area contributed by atoms with E-state index >= 15 is 0 Å². The fraction of sp³-hybridized carbons (Fsp3) is 0.533. The number of benzene rings is 1. The van der Waals surface area contributed by atoms with E-state index in [9.17, 15) is 4.79 Å². The van der Waals surface area contributed by atoms with Crippen LogP contribution in [0.2, 0.25) is 5.02 Å². The molecule has 2 aliphatic rings. The molecule has 3 rings (SSSR count). The van der Waals surface area contributed by atoms with Gasteiger partial charge in [0.25, 0.3) is 0 Å². The quantitative estimate of drug-likeness (QED) is 0.918. The van der Waals surface area contributed by atoms with E-state index in [4.69, 9.17) is 11.6 Å². The fourth-order valence-electron chi connectivity index (χ4n) is 2.80. The van der Waals surface area contributed by atoms with Crippen LogP contribution in [0.1, 0.15) is 37.3 Å². The third-order valence-electron chi connectivity index (χ3n) is 3.92. The summed E-state index contributed by atoms with van der Waals surface area (Å²) in [6.07, 6.45) is 4.49. The van der Waals surface area contributed by atoms with Crippen molar-refractivity contribution in [3.8, 4) is 0 Å². The standard InChI is InChI=1S/C15H19ClN2O/c16-13-5-2-1-4-12(13)14-6-3-9-18(14)10-15(19)17-11-7-8-11/h1-2,4-5,11,14H,3,6-10H2,(H,17,19). The minimum atomic E-state index is 0.154. The second kappa shape index (κ2) is 5.51. The first-order valence-electron chi connectivity index (χ1n) is 7.02. The molecule has 1 saturated heterocycles. The van der Waals surface area contributed by atoms with Crippen molar-refractivity contribution in [2.75, 3.05) is 13.1 Å². The molecule has 102 valence electrons. The number of rotatable bonds is 4. The van der Waals surface area contributed by atoms with Gasteiger partial charge in [0, 0.05) is 17.1 Å². The van der Waals surface area contributed by atoms with Crippen molar-refractivity contribution in [1.29, 1.82) is 0 Å². The summed E-state index contributed by atoms with van der Waals surface area (Å²) in [4.78, 5) is 14.2. The van der Waals surface area contributed by atoms with Crippen LogP contribution < -0.4 is 5.32 Å². The number of hydrogen-bond acceptors (Lipinski definition) is 2. The van der Waals surface area contributed by atoms with Gasteiger partial charge >= 0.3 is 0 Å². The molecule has 0 radical (unpaired) electrons. The van der Waals surface area contributed by atoms with E-state index in [-0.39, 0.29) is 5.91 Å². The number of carbonyl (C=O) groups is 1. The van der Waals surface area contributed by atoms with Gasteiger partial charge in [-0.1, -0.05) is 29.8 Å². The maximum Gasteiger partial charge on any atom is 0.234 e. The second-order valence-electron chi connectivity index (χ2n) is 5.49. The maximum absolute atomic E-state index is 11.9. The summed E-state index contributed by atoms with van der Waals surface area (Å²) in [5, 5.41) is 3.86. The van der Waals surface area contributed by atoms with Gasteiger partial charge in [0.05, 0.1) is 6.54 Å². The van der Waals surface area contributed by atoms with E-state index in [1.54, 1.807) is 0 Å². The van der Waals surface area contributed by atoms with Crippen LogP contribution in [0.3, 0.4) is 0 Å². The molecule has 1 saturated carbocycles. The van der Waals surface area contributed by atoms with E-state index in [1.807, 2.05) is 18.2 Å². The first-order chi connectivity index (χ1) is 9.24. The largest absolute Gasteiger partial charge is 0.352 e. The van der Waals surface area contributed by atoms with Crippen molar-refractivity contribution < 1.29 is 4.79 Å². The normalized spacial score (nSPS) is 23.5. The number of nitrogens with zero attached hydrogens (tertiary/aromatic N) is 1. The molecule has 1 atom stereocenters. The number of carbonyl (C=O) groups excluding carboxylic acids is 1. The van der Waals surface area contributed by atoms with Crippen LogP contribution in [0.4, 0.5) is 0 Å². The van der Waals surface area contributed by atoms with Gasteiger partial charge in [-0.15, -0.1) is 0 Å². The lowest BCUT2D eigenvalue weighted by Gasteiger charge is -2.25. The van der Waals surface area contributed by atoms with Crippen LogP contribution in [0.25, 0.3) is 0 Å². The zero-order valence-corrected chi connectivity index (χ0v) is 11.7. The van der Waals surface area contributed by atoms with Gasteiger partial charge in [-0.05, 0) is 43.9 Å². The average Bonchev–Trinajstić information content (AvgIpc) is 3.08. The molecule has 1 N–H and O–H groups in total. The van der Waals surface area contributed by atoms with Gasteiger partial charge in [0.2, 0.25) is 5.91 Å². The molecule has 2 fully saturated rings. The molecule has 0 bridgehead atoms. The zero-order valence-electron chi connectivity index (χ0n) is 10.9. The molecule has 1 amide bonds. The maximum atomic E-state index is 11.9. The smallest absolute Gasteiger partial charge is 0.234 e. The molecule has 4 heteroatoms. The summed E-state index contributed by atoms with van der Waals surface area (Å²) in [5.74, 6) is 0.154. The predicted octanol–water partition coefficient (Wildman–Crippen LogP) is 2.76. The van der Waals surface area contributed by atoms with Gasteiger partial charge in [-0.3, -0.25) is 9.69 Å². The molecular formula is C15H19ClN2O. The van der Waals surface area contributed by atoms with Gasteiger partial charge in [0.1, 0.15) is 0 Å². The first kappa shape index (κ1) is 12.9. The number of hydrogen-bond donors (Lipinski definition) is 1. The molecule has 1 aliphatic carbocycles. The van der Waals surface area contributed by atoms with Gasteiger partial charge in [-0.25, -0.2) is 0 Å². The van der Waals surface area contributed by atoms with Crippen LogP contribution in [0.5, 0.6) is 0 Å². The van der Waals surface area contributed by atoms with E-state index in [0.717, 1.165) is 42.8 Å². The highest BCUT2D eigenvalue weighted by atomic mass is 35.5. The Kier molecular flexibility index (Phi) is 3.76. The van der Waals surface area contributed by atoms with Crippen molar-refractivity contribution in [1.82, 2.24) is 10.2 Å². The Labute approximate surface area is 118 Å². The van der Waals surface area contributed by atoms with Gasteiger partial charge < -0.3 is 5.32 Å². The molecule has 1 aromatic carbocycles. The van der Waals surface area contributed by atoms with Crippen LogP contribution in [-0.4, -0.2) is 29.9 Å². The molecule has 3 nitrogen and oxygen atoms in total. The molecule has 0 aromatic heterocycles. The van der Waals surface area contributed by atoms with Crippen molar-refractivity contribution in [3.63, 3.8) is 0 Å². The van der Waals surface area contributed by atoms with Crippen LogP contribution in [-0.2, 0) is 4.79 Å². The molecule has 19 heavy (non-hydrogen) atoms. The SMILES string of the molecule is O=C(CN1CCCC1c1ccccc1Cl)NC1CC1. The topological polar surface area (TPSA) is 32.3 Å². The van der Waals surface area contributed by atoms with E-state index in [1.165, 1.54) is 0 Å². The number of likely N-dealkylation sites (tertiary alicyclic amines) is 1. The monoisotopic (exact) mass is 278 g/mol. The highest BCUT2D eigenvalue weighted by molar-refractivity contribution is 6.31. The van der Waals surface area contributed by atoms with Crippen molar-refractivity contribution in [2.45, 2.75) is 37.8 Å². The van der Waals surface area contributed by atoms with Gasteiger partial charge in [0.15, 0.2) is 0 Å². The lowest BCUT2D eigenvalue weighted by molar-refractivity contribution is -0.122. The molecule has 1 unspecified atom stereocenters. The Balaban J connectivity index is 1.67. The fourth-order valence-corrected chi connectivity index (χ4v) is 3.06. The predicted molar refractivity (Wildman–Crippen MR) is 76.2 cm³/mol. The Hall–Kier alpha value is -1.06. The minimum Gasteiger partial charge on any atom is -0.352 e. The zero-order chi connectivity index (χ0) is 13.2. The third-order valence-corrected chi connectivity index (χ3v) is 4.26. The average molecular weight is 279 g/mol. The molecule has 1 heterocycles.